The molecule has 0 fully saturated rings. The van der Waals surface area contributed by atoms with Gasteiger partial charge in [-0.25, -0.2) is 0 Å². The highest BCUT2D eigenvalue weighted by atomic mass is 32.1. The van der Waals surface area contributed by atoms with Crippen molar-refractivity contribution in [2.45, 2.75) is 0 Å². The molecule has 0 spiro atoms. The Balaban J connectivity index is 1.23. The normalized spacial score (nSPS) is 11.3. The lowest BCUT2D eigenvalue weighted by Gasteiger charge is -2.26. The van der Waals surface area contributed by atoms with Crippen molar-refractivity contribution in [1.82, 2.24) is 0 Å². The fraction of sp³-hybridized carbons (Fsp3) is 0. The molecule has 0 atom stereocenters. The van der Waals surface area contributed by atoms with Crippen molar-refractivity contribution >= 4 is 59.3 Å². The summed E-state index contributed by atoms with van der Waals surface area (Å²) in [7, 11) is 0. The Hall–Kier alpha value is -5.18. The summed E-state index contributed by atoms with van der Waals surface area (Å²) in [6.07, 6.45) is 0. The molecule has 42 heavy (non-hydrogen) atoms. The predicted molar refractivity (Wildman–Crippen MR) is 182 cm³/mol. The molecule has 0 unspecified atom stereocenters. The molecule has 8 aromatic rings. The van der Waals surface area contributed by atoms with Gasteiger partial charge in [0.25, 0.3) is 0 Å². The van der Waals surface area contributed by atoms with Crippen molar-refractivity contribution < 1.29 is 0 Å². The molecule has 2 heteroatoms. The van der Waals surface area contributed by atoms with Crippen LogP contribution in [0.25, 0.3) is 53.2 Å². The van der Waals surface area contributed by atoms with Gasteiger partial charge in [0.2, 0.25) is 0 Å². The molecule has 1 nitrogen and oxygen atoms in total. The number of rotatable bonds is 5. The van der Waals surface area contributed by atoms with Gasteiger partial charge in [0.15, 0.2) is 0 Å². The van der Waals surface area contributed by atoms with E-state index in [1.54, 1.807) is 0 Å². The second-order valence-corrected chi connectivity index (χ2v) is 11.7. The number of para-hydroxylation sites is 1. The van der Waals surface area contributed by atoms with E-state index in [1.165, 1.54) is 53.2 Å². The van der Waals surface area contributed by atoms with Gasteiger partial charge >= 0.3 is 0 Å². The van der Waals surface area contributed by atoms with Gasteiger partial charge in [-0.05, 0) is 87.6 Å². The lowest BCUT2D eigenvalue weighted by Crippen LogP contribution is -2.09. The van der Waals surface area contributed by atoms with Crippen LogP contribution in [0, 0.1) is 0 Å². The summed E-state index contributed by atoms with van der Waals surface area (Å²) in [5.41, 5.74) is 8.32. The SMILES string of the molecule is c1ccc(N(c2ccc(-c3ccc4ccccc4c3)cc2)c2cccc(-c3cccc4sc5ccccc5c34)c2)cc1. The zero-order valence-electron chi connectivity index (χ0n) is 22.9. The molecule has 198 valence electrons. The van der Waals surface area contributed by atoms with E-state index in [9.17, 15) is 0 Å². The van der Waals surface area contributed by atoms with Gasteiger partial charge < -0.3 is 4.90 Å². The lowest BCUT2D eigenvalue weighted by atomic mass is 9.98. The minimum Gasteiger partial charge on any atom is -0.310 e. The van der Waals surface area contributed by atoms with E-state index in [4.69, 9.17) is 0 Å². The minimum absolute atomic E-state index is 1.13. The number of thiophene rings is 1. The molecule has 0 aliphatic rings. The Morgan fingerprint density at radius 2 is 1.05 bits per heavy atom. The molecular formula is C40H27NS. The summed E-state index contributed by atoms with van der Waals surface area (Å²) >= 11 is 1.86. The van der Waals surface area contributed by atoms with Crippen LogP contribution >= 0.6 is 11.3 Å². The van der Waals surface area contributed by atoms with Crippen LogP contribution in [-0.4, -0.2) is 0 Å². The summed E-state index contributed by atoms with van der Waals surface area (Å²) in [6.45, 7) is 0. The summed E-state index contributed by atoms with van der Waals surface area (Å²) in [6, 6.07) is 59.1. The Bertz CT molecular complexity index is 2190. The fourth-order valence-electron chi connectivity index (χ4n) is 6.02. The molecule has 1 aromatic heterocycles. The van der Waals surface area contributed by atoms with Crippen molar-refractivity contribution in [3.8, 4) is 22.3 Å². The fourth-order valence-corrected chi connectivity index (χ4v) is 7.16. The standard InChI is InChI=1S/C40H27NS/c1-2-13-33(14-3-1)41(34-24-22-29(23-25-34)31-21-20-28-10-4-5-11-30(28)26-31)35-15-8-12-32(27-35)36-17-9-19-39-40(36)37-16-6-7-18-38(37)42-39/h1-27H. The minimum atomic E-state index is 1.13. The Morgan fingerprint density at radius 1 is 0.381 bits per heavy atom. The highest BCUT2D eigenvalue weighted by Crippen LogP contribution is 2.42. The Kier molecular flexibility index (Phi) is 6.05. The zero-order chi connectivity index (χ0) is 27.9. The highest BCUT2D eigenvalue weighted by Gasteiger charge is 2.15. The molecule has 0 bridgehead atoms. The quantitative estimate of drug-likeness (QED) is 0.205. The molecule has 0 aliphatic carbocycles. The monoisotopic (exact) mass is 553 g/mol. The van der Waals surface area contributed by atoms with Gasteiger partial charge in [-0.2, -0.15) is 0 Å². The van der Waals surface area contributed by atoms with Crippen LogP contribution in [-0.2, 0) is 0 Å². The van der Waals surface area contributed by atoms with Crippen molar-refractivity contribution in [3.63, 3.8) is 0 Å². The molecule has 0 radical (unpaired) electrons. The average molecular weight is 554 g/mol. The van der Waals surface area contributed by atoms with E-state index < -0.39 is 0 Å². The number of fused-ring (bicyclic) bond motifs is 4. The van der Waals surface area contributed by atoms with Crippen LogP contribution in [0.2, 0.25) is 0 Å². The molecule has 0 N–H and O–H groups in total. The Morgan fingerprint density at radius 3 is 1.93 bits per heavy atom. The van der Waals surface area contributed by atoms with Crippen LogP contribution < -0.4 is 4.90 Å². The smallest absolute Gasteiger partial charge is 0.0467 e. The van der Waals surface area contributed by atoms with Crippen molar-refractivity contribution in [2.75, 3.05) is 4.90 Å². The van der Waals surface area contributed by atoms with Crippen LogP contribution in [0.5, 0.6) is 0 Å². The third-order valence-electron chi connectivity index (χ3n) is 8.04. The first-order chi connectivity index (χ1) is 20.8. The third-order valence-corrected chi connectivity index (χ3v) is 9.18. The maximum atomic E-state index is 2.35. The summed E-state index contributed by atoms with van der Waals surface area (Å²) in [5.74, 6) is 0. The van der Waals surface area contributed by atoms with Crippen molar-refractivity contribution in [2.24, 2.45) is 0 Å². The van der Waals surface area contributed by atoms with Gasteiger partial charge in [0.05, 0.1) is 0 Å². The van der Waals surface area contributed by atoms with E-state index >= 15 is 0 Å². The molecule has 0 saturated heterocycles. The number of nitrogens with zero attached hydrogens (tertiary/aromatic N) is 1. The number of benzene rings is 7. The largest absolute Gasteiger partial charge is 0.310 e. The number of anilines is 3. The van der Waals surface area contributed by atoms with E-state index in [-0.39, 0.29) is 0 Å². The average Bonchev–Trinajstić information content (AvgIpc) is 3.45. The first-order valence-electron chi connectivity index (χ1n) is 14.3. The number of hydrogen-bond donors (Lipinski definition) is 0. The van der Waals surface area contributed by atoms with Crippen LogP contribution in [0.3, 0.4) is 0 Å². The van der Waals surface area contributed by atoms with Crippen LogP contribution in [0.1, 0.15) is 0 Å². The maximum Gasteiger partial charge on any atom is 0.0467 e. The van der Waals surface area contributed by atoms with E-state index in [0.717, 1.165) is 17.1 Å². The van der Waals surface area contributed by atoms with Gasteiger partial charge in [-0.3, -0.25) is 0 Å². The van der Waals surface area contributed by atoms with Crippen molar-refractivity contribution in [1.29, 1.82) is 0 Å². The molecule has 8 rings (SSSR count). The third kappa shape index (κ3) is 4.34. The van der Waals surface area contributed by atoms with Gasteiger partial charge in [-0.15, -0.1) is 11.3 Å². The molecule has 7 aromatic carbocycles. The van der Waals surface area contributed by atoms with E-state index in [0.29, 0.717) is 0 Å². The lowest BCUT2D eigenvalue weighted by molar-refractivity contribution is 1.28. The molecule has 1 heterocycles. The number of hydrogen-bond acceptors (Lipinski definition) is 2. The summed E-state index contributed by atoms with van der Waals surface area (Å²) in [5, 5.41) is 5.18. The van der Waals surface area contributed by atoms with E-state index in [2.05, 4.69) is 169 Å². The summed E-state index contributed by atoms with van der Waals surface area (Å²) < 4.78 is 2.65. The molecule has 0 aliphatic heterocycles. The second-order valence-electron chi connectivity index (χ2n) is 10.6. The first-order valence-corrected chi connectivity index (χ1v) is 15.1. The second kappa shape index (κ2) is 10.3. The molecule has 0 saturated carbocycles. The topological polar surface area (TPSA) is 3.24 Å². The highest BCUT2D eigenvalue weighted by molar-refractivity contribution is 7.25. The van der Waals surface area contributed by atoms with Gasteiger partial charge in [-0.1, -0.05) is 109 Å². The Labute approximate surface area is 249 Å². The predicted octanol–water partition coefficient (Wildman–Crippen LogP) is 12.0. The summed E-state index contributed by atoms with van der Waals surface area (Å²) in [4.78, 5) is 2.35. The van der Waals surface area contributed by atoms with Crippen LogP contribution in [0.4, 0.5) is 17.1 Å². The molecular weight excluding hydrogens is 527 g/mol. The van der Waals surface area contributed by atoms with Crippen LogP contribution in [0.15, 0.2) is 164 Å². The first kappa shape index (κ1) is 24.6. The van der Waals surface area contributed by atoms with Gasteiger partial charge in [0.1, 0.15) is 0 Å². The van der Waals surface area contributed by atoms with E-state index in [1.807, 2.05) is 11.3 Å². The molecule has 0 amide bonds. The van der Waals surface area contributed by atoms with Crippen molar-refractivity contribution in [3.05, 3.63) is 164 Å². The zero-order valence-corrected chi connectivity index (χ0v) is 23.8. The maximum absolute atomic E-state index is 2.35. The van der Waals surface area contributed by atoms with Gasteiger partial charge in [0, 0.05) is 37.2 Å².